The highest BCUT2D eigenvalue weighted by Crippen LogP contribution is 2.21. The molecule has 1 amide bonds. The summed E-state index contributed by atoms with van der Waals surface area (Å²) in [6.45, 7) is 0. The maximum Gasteiger partial charge on any atom is 0.335 e. The van der Waals surface area contributed by atoms with Crippen LogP contribution in [0, 0.1) is 5.92 Å². The van der Waals surface area contributed by atoms with Gasteiger partial charge in [-0.15, -0.1) is 0 Å². The van der Waals surface area contributed by atoms with Gasteiger partial charge in [-0.3, -0.25) is 14.8 Å². The lowest BCUT2D eigenvalue weighted by molar-refractivity contribution is -0.142. The van der Waals surface area contributed by atoms with Crippen LogP contribution in [0.1, 0.15) is 28.8 Å². The summed E-state index contributed by atoms with van der Waals surface area (Å²) in [5, 5.41) is 26.7. The molecule has 0 bridgehead atoms. The molecule has 0 saturated carbocycles. The number of carboxylic acids is 2. The number of hydrogen-bond acceptors (Lipinski definition) is 5. The lowest BCUT2D eigenvalue weighted by Gasteiger charge is -2.13. The number of aliphatic carboxylic acids is 1. The van der Waals surface area contributed by atoms with Crippen molar-refractivity contribution in [1.29, 1.82) is 0 Å². The van der Waals surface area contributed by atoms with Gasteiger partial charge in [-0.05, 0) is 48.8 Å². The molecule has 9 heteroatoms. The summed E-state index contributed by atoms with van der Waals surface area (Å²) in [7, 11) is 0. The number of amides is 1. The first-order valence-electron chi connectivity index (χ1n) is 7.09. The summed E-state index contributed by atoms with van der Waals surface area (Å²) in [5.41, 5.74) is 2.27. The molecule has 7 nitrogen and oxygen atoms in total. The molecule has 0 saturated heterocycles. The van der Waals surface area contributed by atoms with E-state index >= 15 is 0 Å². The number of carbonyl (C=O) groups excluding carboxylic acids is 1. The third kappa shape index (κ3) is 7.33. The summed E-state index contributed by atoms with van der Waals surface area (Å²) in [4.78, 5) is 33.3. The highest BCUT2D eigenvalue weighted by molar-refractivity contribution is 9.10. The van der Waals surface area contributed by atoms with Gasteiger partial charge in [0.15, 0.2) is 0 Å². The summed E-state index contributed by atoms with van der Waals surface area (Å²) < 4.78 is 0.590. The van der Waals surface area contributed by atoms with E-state index in [-0.39, 0.29) is 17.7 Å². The van der Waals surface area contributed by atoms with Crippen molar-refractivity contribution in [3.05, 3.63) is 33.8 Å². The molecule has 0 aliphatic rings. The van der Waals surface area contributed by atoms with Crippen molar-refractivity contribution in [2.45, 2.75) is 19.3 Å². The van der Waals surface area contributed by atoms with Gasteiger partial charge in [-0.2, -0.15) is 11.8 Å². The number of nitrogens with one attached hydrogen (secondary N) is 1. The summed E-state index contributed by atoms with van der Waals surface area (Å²) in [6, 6.07) is 4.65. The van der Waals surface area contributed by atoms with Crippen LogP contribution in [0.25, 0.3) is 0 Å². The summed E-state index contributed by atoms with van der Waals surface area (Å²) in [6.07, 6.45) is 1.25. The number of thioether (sulfide) groups is 1. The average molecular weight is 420 g/mol. The Morgan fingerprint density at radius 1 is 1.21 bits per heavy atom. The molecular formula is C15H18BrNO6S. The maximum atomic E-state index is 11.4. The van der Waals surface area contributed by atoms with Gasteiger partial charge in [0, 0.05) is 4.47 Å². The van der Waals surface area contributed by atoms with Gasteiger partial charge in [-0.25, -0.2) is 10.3 Å². The molecule has 0 radical (unpaired) electrons. The lowest BCUT2D eigenvalue weighted by Crippen LogP contribution is -2.21. The van der Waals surface area contributed by atoms with Crippen LogP contribution in [-0.4, -0.2) is 44.8 Å². The van der Waals surface area contributed by atoms with E-state index in [1.807, 2.05) is 0 Å². The molecular weight excluding hydrogens is 402 g/mol. The number of hydroxylamine groups is 1. The van der Waals surface area contributed by atoms with E-state index in [1.165, 1.54) is 29.4 Å². The molecule has 0 aromatic heterocycles. The first-order valence-corrected chi connectivity index (χ1v) is 9.04. The minimum Gasteiger partial charge on any atom is -0.481 e. The molecule has 0 heterocycles. The average Bonchev–Trinajstić information content (AvgIpc) is 2.52. The Bertz CT molecular complexity index is 610. The second kappa shape index (κ2) is 10.3. The fourth-order valence-electron chi connectivity index (χ4n) is 2.12. The Morgan fingerprint density at radius 3 is 2.50 bits per heavy atom. The van der Waals surface area contributed by atoms with Crippen LogP contribution in [0.3, 0.4) is 0 Å². The van der Waals surface area contributed by atoms with Gasteiger partial charge >= 0.3 is 11.9 Å². The zero-order chi connectivity index (χ0) is 18.1. The number of aromatic carboxylic acids is 1. The molecule has 1 aromatic carbocycles. The molecule has 4 N–H and O–H groups in total. The van der Waals surface area contributed by atoms with Crippen LogP contribution in [0.4, 0.5) is 0 Å². The van der Waals surface area contributed by atoms with Gasteiger partial charge in [0.2, 0.25) is 0 Å². The first kappa shape index (κ1) is 20.5. The molecule has 1 unspecified atom stereocenters. The number of benzene rings is 1. The van der Waals surface area contributed by atoms with Gasteiger partial charge in [0.1, 0.15) is 0 Å². The number of carbonyl (C=O) groups is 3. The number of hydrogen-bond donors (Lipinski definition) is 4. The van der Waals surface area contributed by atoms with Gasteiger partial charge in [0.25, 0.3) is 5.91 Å². The van der Waals surface area contributed by atoms with Crippen molar-refractivity contribution in [1.82, 2.24) is 5.48 Å². The van der Waals surface area contributed by atoms with Gasteiger partial charge in [-0.1, -0.05) is 15.9 Å². The van der Waals surface area contributed by atoms with Crippen LogP contribution in [0.2, 0.25) is 0 Å². The van der Waals surface area contributed by atoms with Gasteiger partial charge in [0.05, 0.1) is 17.2 Å². The topological polar surface area (TPSA) is 124 Å². The molecule has 0 spiro atoms. The second-order valence-corrected chi connectivity index (χ2v) is 7.14. The molecule has 1 rings (SSSR count). The van der Waals surface area contributed by atoms with Crippen molar-refractivity contribution >= 4 is 45.5 Å². The fraction of sp³-hybridized carbons (Fsp3) is 0.400. The maximum absolute atomic E-state index is 11.4. The Morgan fingerprint density at radius 2 is 1.92 bits per heavy atom. The smallest absolute Gasteiger partial charge is 0.335 e. The predicted molar refractivity (Wildman–Crippen MR) is 92.4 cm³/mol. The zero-order valence-electron chi connectivity index (χ0n) is 12.7. The van der Waals surface area contributed by atoms with Crippen LogP contribution in [0.15, 0.2) is 22.7 Å². The minimum atomic E-state index is -1.07. The van der Waals surface area contributed by atoms with E-state index in [0.29, 0.717) is 28.6 Å². The SMILES string of the molecule is O=C(CSCCCC(Cc1cc(Br)cc(C(=O)O)c1)C(=O)O)NO. The fourth-order valence-corrected chi connectivity index (χ4v) is 3.42. The van der Waals surface area contributed by atoms with Crippen molar-refractivity contribution in [3.8, 4) is 0 Å². The molecule has 24 heavy (non-hydrogen) atoms. The molecule has 0 aliphatic heterocycles. The normalized spacial score (nSPS) is 11.8. The Hall–Kier alpha value is -1.58. The van der Waals surface area contributed by atoms with Crippen LogP contribution in [-0.2, 0) is 16.0 Å². The number of rotatable bonds is 10. The quantitative estimate of drug-likeness (QED) is 0.260. The van der Waals surface area contributed by atoms with Crippen molar-refractivity contribution in [3.63, 3.8) is 0 Å². The highest BCUT2D eigenvalue weighted by Gasteiger charge is 2.19. The highest BCUT2D eigenvalue weighted by atomic mass is 79.9. The van der Waals surface area contributed by atoms with E-state index in [1.54, 1.807) is 6.07 Å². The molecule has 132 valence electrons. The first-order chi connectivity index (χ1) is 11.3. The van der Waals surface area contributed by atoms with E-state index in [4.69, 9.17) is 10.3 Å². The molecule has 1 aromatic rings. The number of carboxylic acid groups (broad SMARTS) is 2. The zero-order valence-corrected chi connectivity index (χ0v) is 15.1. The van der Waals surface area contributed by atoms with Crippen LogP contribution in [0.5, 0.6) is 0 Å². The van der Waals surface area contributed by atoms with Crippen molar-refractivity contribution < 1.29 is 29.8 Å². The summed E-state index contributed by atoms with van der Waals surface area (Å²) >= 11 is 4.53. The van der Waals surface area contributed by atoms with E-state index < -0.39 is 23.8 Å². The number of halogens is 1. The van der Waals surface area contributed by atoms with Crippen LogP contribution >= 0.6 is 27.7 Å². The second-order valence-electron chi connectivity index (χ2n) is 5.12. The molecule has 0 fully saturated rings. The van der Waals surface area contributed by atoms with Crippen molar-refractivity contribution in [2.24, 2.45) is 5.92 Å². The van der Waals surface area contributed by atoms with Crippen molar-refractivity contribution in [2.75, 3.05) is 11.5 Å². The monoisotopic (exact) mass is 419 g/mol. The third-order valence-corrected chi connectivity index (χ3v) is 4.74. The van der Waals surface area contributed by atoms with E-state index in [9.17, 15) is 19.5 Å². The Labute approximate surface area is 151 Å². The minimum absolute atomic E-state index is 0.106. The van der Waals surface area contributed by atoms with E-state index in [2.05, 4.69) is 15.9 Å². The largest absolute Gasteiger partial charge is 0.481 e. The lowest BCUT2D eigenvalue weighted by atomic mass is 9.94. The Balaban J connectivity index is 2.59. The third-order valence-electron chi connectivity index (χ3n) is 3.23. The standard InChI is InChI=1S/C15H18BrNO6S/c16-12-6-9(5-11(7-12)15(21)22)4-10(14(19)20)2-1-3-24-8-13(18)17-23/h5-7,10,23H,1-4,8H2,(H,17,18)(H,19,20)(H,21,22). The van der Waals surface area contributed by atoms with E-state index in [0.717, 1.165) is 0 Å². The van der Waals surface area contributed by atoms with Gasteiger partial charge < -0.3 is 10.2 Å². The molecule has 0 aliphatic carbocycles. The predicted octanol–water partition coefficient (Wildman–Crippen LogP) is 2.41. The summed E-state index contributed by atoms with van der Waals surface area (Å²) in [5.74, 6) is -2.43. The molecule has 1 atom stereocenters. The van der Waals surface area contributed by atoms with Crippen LogP contribution < -0.4 is 5.48 Å². The Kier molecular flexibility index (Phi) is 8.80.